The van der Waals surface area contributed by atoms with Crippen molar-refractivity contribution >= 4 is 44.7 Å². The maximum atomic E-state index is 12.9. The summed E-state index contributed by atoms with van der Waals surface area (Å²) in [7, 11) is -3.51. The van der Waals surface area contributed by atoms with Gasteiger partial charge in [-0.3, -0.25) is 0 Å². The second kappa shape index (κ2) is 8.60. The first kappa shape index (κ1) is 20.1. The summed E-state index contributed by atoms with van der Waals surface area (Å²) in [5.74, 6) is 0. The molecule has 1 fully saturated rings. The average Bonchev–Trinajstić information content (AvgIpc) is 2.99. The van der Waals surface area contributed by atoms with E-state index in [0.29, 0.717) is 41.0 Å². The second-order valence-corrected chi connectivity index (χ2v) is 10.0. The number of hydrogen-bond donors (Lipinski definition) is 1. The fourth-order valence-corrected chi connectivity index (χ4v) is 6.03. The van der Waals surface area contributed by atoms with Crippen molar-refractivity contribution in [2.24, 2.45) is 0 Å². The van der Waals surface area contributed by atoms with Crippen LogP contribution in [0, 0.1) is 0 Å². The van der Waals surface area contributed by atoms with E-state index in [1.807, 2.05) is 13.0 Å². The highest BCUT2D eigenvalue weighted by atomic mass is 35.5. The zero-order valence-electron chi connectivity index (χ0n) is 15.0. The summed E-state index contributed by atoms with van der Waals surface area (Å²) < 4.78 is 27.6. The topological polar surface area (TPSA) is 69.7 Å². The number of nitrogens with zero attached hydrogens (tertiary/aromatic N) is 2. The van der Waals surface area contributed by atoms with Gasteiger partial charge in [-0.25, -0.2) is 13.2 Å². The molecule has 3 rings (SSSR count). The molecule has 1 aromatic carbocycles. The Bertz CT molecular complexity index is 914. The van der Waals surface area contributed by atoms with E-state index in [1.165, 1.54) is 15.6 Å². The van der Waals surface area contributed by atoms with Gasteiger partial charge < -0.3 is 10.2 Å². The smallest absolute Gasteiger partial charge is 0.321 e. The molecular formula is C18H22ClN3O3S2. The van der Waals surface area contributed by atoms with Crippen LogP contribution in [0.15, 0.2) is 40.6 Å². The second-order valence-electron chi connectivity index (χ2n) is 6.26. The molecule has 0 aliphatic carbocycles. The molecule has 0 unspecified atom stereocenters. The molecule has 2 aromatic rings. The minimum absolute atomic E-state index is 0.249. The van der Waals surface area contributed by atoms with Gasteiger partial charge in [0.1, 0.15) is 4.21 Å². The number of halogens is 1. The van der Waals surface area contributed by atoms with Gasteiger partial charge in [0.15, 0.2) is 0 Å². The lowest BCUT2D eigenvalue weighted by molar-refractivity contribution is 0.214. The lowest BCUT2D eigenvalue weighted by atomic mass is 10.3. The van der Waals surface area contributed by atoms with Crippen LogP contribution < -0.4 is 5.32 Å². The first-order valence-corrected chi connectivity index (χ1v) is 11.4. The fourth-order valence-electron chi connectivity index (χ4n) is 2.92. The zero-order valence-corrected chi connectivity index (χ0v) is 17.4. The average molecular weight is 428 g/mol. The van der Waals surface area contributed by atoms with Crippen LogP contribution in [0.5, 0.6) is 0 Å². The van der Waals surface area contributed by atoms with Crippen LogP contribution in [-0.4, -0.2) is 49.8 Å². The molecule has 6 nitrogen and oxygen atoms in total. The van der Waals surface area contributed by atoms with Gasteiger partial charge in [0.25, 0.3) is 10.0 Å². The van der Waals surface area contributed by atoms with Crippen molar-refractivity contribution in [3.05, 3.63) is 46.3 Å². The van der Waals surface area contributed by atoms with Crippen LogP contribution in [0.2, 0.25) is 5.02 Å². The van der Waals surface area contributed by atoms with Crippen molar-refractivity contribution in [3.63, 3.8) is 0 Å². The number of aryl methyl sites for hydroxylation is 1. The molecule has 1 saturated heterocycles. The van der Waals surface area contributed by atoms with Crippen LogP contribution in [-0.2, 0) is 16.4 Å². The molecule has 0 radical (unpaired) electrons. The Morgan fingerprint density at radius 3 is 2.70 bits per heavy atom. The van der Waals surface area contributed by atoms with E-state index < -0.39 is 10.0 Å². The van der Waals surface area contributed by atoms with Gasteiger partial charge in [-0.05, 0) is 43.2 Å². The highest BCUT2D eigenvalue weighted by Gasteiger charge is 2.29. The first-order valence-electron chi connectivity index (χ1n) is 8.80. The van der Waals surface area contributed by atoms with Crippen molar-refractivity contribution in [1.82, 2.24) is 9.21 Å². The van der Waals surface area contributed by atoms with Gasteiger partial charge in [-0.1, -0.05) is 24.6 Å². The van der Waals surface area contributed by atoms with E-state index in [2.05, 4.69) is 5.32 Å². The van der Waals surface area contributed by atoms with E-state index in [1.54, 1.807) is 35.2 Å². The van der Waals surface area contributed by atoms with Gasteiger partial charge in [0.05, 0.1) is 0 Å². The molecule has 9 heteroatoms. The molecule has 2 heterocycles. The Kier molecular flexibility index (Phi) is 6.41. The Labute approximate surface area is 168 Å². The normalized spacial score (nSPS) is 16.1. The minimum atomic E-state index is -3.51. The largest absolute Gasteiger partial charge is 0.323 e. The molecule has 1 N–H and O–H groups in total. The number of urea groups is 1. The maximum Gasteiger partial charge on any atom is 0.321 e. The molecule has 1 aromatic heterocycles. The lowest BCUT2D eigenvalue weighted by Crippen LogP contribution is -2.39. The Morgan fingerprint density at radius 2 is 2.00 bits per heavy atom. The SMILES string of the molecule is CCc1ccc(S(=O)(=O)N2CCCN(C(=O)Nc3cccc(Cl)c3)CC2)s1. The Hall–Kier alpha value is -1.61. The third-order valence-electron chi connectivity index (χ3n) is 4.40. The number of thiophene rings is 1. The van der Waals surface area contributed by atoms with Gasteiger partial charge in [-0.2, -0.15) is 4.31 Å². The number of amides is 2. The summed E-state index contributed by atoms with van der Waals surface area (Å²) >= 11 is 7.26. The first-order chi connectivity index (χ1) is 12.9. The molecule has 146 valence electrons. The number of rotatable bonds is 4. The predicted molar refractivity (Wildman–Crippen MR) is 109 cm³/mol. The fraction of sp³-hybridized carbons (Fsp3) is 0.389. The molecule has 0 bridgehead atoms. The monoisotopic (exact) mass is 427 g/mol. The molecule has 2 amide bonds. The molecule has 0 atom stereocenters. The van der Waals surface area contributed by atoms with E-state index in [0.717, 1.165) is 11.3 Å². The van der Waals surface area contributed by atoms with Crippen LogP contribution in [0.25, 0.3) is 0 Å². The Morgan fingerprint density at radius 1 is 1.19 bits per heavy atom. The summed E-state index contributed by atoms with van der Waals surface area (Å²) in [5, 5.41) is 3.36. The summed E-state index contributed by atoms with van der Waals surface area (Å²) in [6.07, 6.45) is 1.41. The van der Waals surface area contributed by atoms with Crippen molar-refractivity contribution in [2.75, 3.05) is 31.5 Å². The Balaban J connectivity index is 1.65. The number of benzene rings is 1. The molecule has 0 spiro atoms. The van der Waals surface area contributed by atoms with Crippen molar-refractivity contribution in [1.29, 1.82) is 0 Å². The molecule has 27 heavy (non-hydrogen) atoms. The van der Waals surface area contributed by atoms with Crippen molar-refractivity contribution in [3.8, 4) is 0 Å². The third-order valence-corrected chi connectivity index (χ3v) is 8.23. The number of carbonyl (C=O) groups is 1. The number of nitrogens with one attached hydrogen (secondary N) is 1. The van der Waals surface area contributed by atoms with Crippen LogP contribution in [0.1, 0.15) is 18.2 Å². The van der Waals surface area contributed by atoms with E-state index >= 15 is 0 Å². The van der Waals surface area contributed by atoms with Crippen molar-refractivity contribution in [2.45, 2.75) is 24.0 Å². The molecule has 1 aliphatic heterocycles. The summed E-state index contributed by atoms with van der Waals surface area (Å²) in [4.78, 5) is 15.2. The summed E-state index contributed by atoms with van der Waals surface area (Å²) in [5.41, 5.74) is 0.618. The quantitative estimate of drug-likeness (QED) is 0.804. The molecular weight excluding hydrogens is 406 g/mol. The summed E-state index contributed by atoms with van der Waals surface area (Å²) in [6.45, 7) is 3.54. The predicted octanol–water partition coefficient (Wildman–Crippen LogP) is 3.89. The van der Waals surface area contributed by atoms with Crippen LogP contribution in [0.3, 0.4) is 0 Å². The zero-order chi connectivity index (χ0) is 19.4. The van der Waals surface area contributed by atoms with Gasteiger partial charge in [-0.15, -0.1) is 11.3 Å². The number of sulfonamides is 1. The number of carbonyl (C=O) groups excluding carboxylic acids is 1. The highest BCUT2D eigenvalue weighted by molar-refractivity contribution is 7.91. The van der Waals surface area contributed by atoms with Gasteiger partial charge >= 0.3 is 6.03 Å². The van der Waals surface area contributed by atoms with E-state index in [-0.39, 0.29) is 12.6 Å². The van der Waals surface area contributed by atoms with Crippen LogP contribution in [0.4, 0.5) is 10.5 Å². The third kappa shape index (κ3) is 4.82. The van der Waals surface area contributed by atoms with Crippen LogP contribution >= 0.6 is 22.9 Å². The number of hydrogen-bond acceptors (Lipinski definition) is 4. The maximum absolute atomic E-state index is 12.9. The molecule has 1 aliphatic rings. The minimum Gasteiger partial charge on any atom is -0.323 e. The van der Waals surface area contributed by atoms with E-state index in [9.17, 15) is 13.2 Å². The number of anilines is 1. The van der Waals surface area contributed by atoms with Gasteiger partial charge in [0, 0.05) is 41.8 Å². The summed E-state index contributed by atoms with van der Waals surface area (Å²) in [6, 6.07) is 10.2. The van der Waals surface area contributed by atoms with Crippen molar-refractivity contribution < 1.29 is 13.2 Å². The van der Waals surface area contributed by atoms with Gasteiger partial charge in [0.2, 0.25) is 0 Å². The highest BCUT2D eigenvalue weighted by Crippen LogP contribution is 2.26. The van der Waals surface area contributed by atoms with E-state index in [4.69, 9.17) is 11.6 Å². The molecule has 0 saturated carbocycles. The standard InChI is InChI=1S/C18H22ClN3O3S2/c1-2-16-7-8-17(26-16)27(24,25)22-10-4-9-21(11-12-22)18(23)20-15-6-3-5-14(19)13-15/h3,5-8,13H,2,4,9-12H2,1H3,(H,20,23). The lowest BCUT2D eigenvalue weighted by Gasteiger charge is -2.22.